The van der Waals surface area contributed by atoms with Crippen LogP contribution in [0.5, 0.6) is 0 Å². The van der Waals surface area contributed by atoms with Gasteiger partial charge in [0.15, 0.2) is 0 Å². The Labute approximate surface area is 188 Å². The highest BCUT2D eigenvalue weighted by Crippen LogP contribution is 2.34. The van der Waals surface area contributed by atoms with Crippen LogP contribution in [0, 0.1) is 34.6 Å². The van der Waals surface area contributed by atoms with Crippen LogP contribution < -0.4 is 10.4 Å². The molecule has 1 atom stereocenters. The Balaban J connectivity index is 1.75. The summed E-state index contributed by atoms with van der Waals surface area (Å²) in [5, 5.41) is 1.18. The normalized spacial score (nSPS) is 17.3. The quantitative estimate of drug-likeness (QED) is 0.556. The van der Waals surface area contributed by atoms with E-state index in [1.165, 1.54) is 16.7 Å². The molecule has 4 nitrogen and oxygen atoms in total. The van der Waals surface area contributed by atoms with E-state index in [4.69, 9.17) is 4.99 Å². The maximum Gasteiger partial charge on any atom is 0.266 e. The minimum Gasteiger partial charge on any atom is -0.277 e. The van der Waals surface area contributed by atoms with Gasteiger partial charge in [0.1, 0.15) is 11.1 Å². The molecule has 3 aromatic carbocycles. The molecule has 0 aliphatic carbocycles. The van der Waals surface area contributed by atoms with E-state index in [0.717, 1.165) is 27.4 Å². The van der Waals surface area contributed by atoms with E-state index >= 15 is 0 Å². The van der Waals surface area contributed by atoms with E-state index in [2.05, 4.69) is 38.3 Å². The summed E-state index contributed by atoms with van der Waals surface area (Å²) in [5.74, 6) is 0.638. The highest BCUT2D eigenvalue weighted by molar-refractivity contribution is 8.01. The SMILES string of the molecule is Cc1cccc(N=C2NN(c3cccc(C)c3)C(=O)C2Sc2ccc(C)c(C)c2C)c1. The Morgan fingerprint density at radius 2 is 1.58 bits per heavy atom. The third-order valence-electron chi connectivity index (χ3n) is 5.68. The second-order valence-corrected chi connectivity index (χ2v) is 9.24. The lowest BCUT2D eigenvalue weighted by molar-refractivity contribution is -0.116. The van der Waals surface area contributed by atoms with Crippen LogP contribution in [0.1, 0.15) is 27.8 Å². The van der Waals surface area contributed by atoms with Crippen LogP contribution in [0.4, 0.5) is 11.4 Å². The van der Waals surface area contributed by atoms with Crippen LogP contribution in [0.2, 0.25) is 0 Å². The molecule has 4 rings (SSSR count). The minimum absolute atomic E-state index is 0.0142. The topological polar surface area (TPSA) is 44.7 Å². The summed E-state index contributed by atoms with van der Waals surface area (Å²) in [7, 11) is 0. The summed E-state index contributed by atoms with van der Waals surface area (Å²) in [5.41, 5.74) is 10.9. The molecule has 5 heteroatoms. The fourth-order valence-corrected chi connectivity index (χ4v) is 4.79. The number of nitrogens with one attached hydrogen (secondary N) is 1. The van der Waals surface area contributed by atoms with Crippen LogP contribution in [0.15, 0.2) is 70.6 Å². The van der Waals surface area contributed by atoms with Crippen molar-refractivity contribution in [1.29, 1.82) is 0 Å². The third kappa shape index (κ3) is 4.37. The molecule has 1 saturated heterocycles. The molecule has 1 aliphatic rings. The number of rotatable bonds is 4. The molecule has 3 aromatic rings. The Morgan fingerprint density at radius 1 is 0.871 bits per heavy atom. The molecule has 158 valence electrons. The maximum atomic E-state index is 13.5. The zero-order valence-electron chi connectivity index (χ0n) is 18.6. The highest BCUT2D eigenvalue weighted by Gasteiger charge is 2.39. The van der Waals surface area contributed by atoms with Crippen LogP contribution in [0.3, 0.4) is 0 Å². The summed E-state index contributed by atoms with van der Waals surface area (Å²) < 4.78 is 0. The van der Waals surface area contributed by atoms with Crippen molar-refractivity contribution in [2.45, 2.75) is 44.8 Å². The lowest BCUT2D eigenvalue weighted by Gasteiger charge is -2.16. The number of hydrogen-bond donors (Lipinski definition) is 1. The number of nitrogens with zero attached hydrogens (tertiary/aromatic N) is 2. The first-order chi connectivity index (χ1) is 14.8. The largest absolute Gasteiger partial charge is 0.277 e. The Hall–Kier alpha value is -3.05. The Kier molecular flexibility index (Phi) is 5.88. The molecule has 31 heavy (non-hydrogen) atoms. The first kappa shape index (κ1) is 21.2. The van der Waals surface area contributed by atoms with Gasteiger partial charge in [-0.25, -0.2) is 10.0 Å². The summed E-state index contributed by atoms with van der Waals surface area (Å²) >= 11 is 1.56. The fourth-order valence-electron chi connectivity index (χ4n) is 3.63. The number of benzene rings is 3. The standard InChI is InChI=1S/C26H27N3OS/c1-16-8-6-10-21(14-16)27-25-24(31-23-13-12-18(3)19(4)20(23)5)26(30)29(28-25)22-11-7-9-17(2)15-22/h6-15,24H,1-5H3,(H,27,28). The lowest BCUT2D eigenvalue weighted by Crippen LogP contribution is -2.35. The van der Waals surface area contributed by atoms with Gasteiger partial charge in [-0.05, 0) is 92.8 Å². The van der Waals surface area contributed by atoms with E-state index < -0.39 is 5.25 Å². The molecule has 1 N–H and O–H groups in total. The van der Waals surface area contributed by atoms with Gasteiger partial charge < -0.3 is 0 Å². The van der Waals surface area contributed by atoms with Crippen molar-refractivity contribution in [1.82, 2.24) is 5.43 Å². The second-order valence-electron chi connectivity index (χ2n) is 8.09. The van der Waals surface area contributed by atoms with Gasteiger partial charge in [0.2, 0.25) is 0 Å². The highest BCUT2D eigenvalue weighted by atomic mass is 32.2. The molecule has 1 heterocycles. The number of hydrazine groups is 1. The number of aliphatic imine (C=N–C) groups is 1. The monoisotopic (exact) mass is 429 g/mol. The zero-order chi connectivity index (χ0) is 22.1. The molecule has 0 saturated carbocycles. The number of hydrogen-bond acceptors (Lipinski definition) is 3. The van der Waals surface area contributed by atoms with E-state index in [0.29, 0.717) is 5.84 Å². The predicted octanol–water partition coefficient (Wildman–Crippen LogP) is 5.97. The van der Waals surface area contributed by atoms with Crippen molar-refractivity contribution < 1.29 is 4.79 Å². The van der Waals surface area contributed by atoms with Gasteiger partial charge in [-0.1, -0.05) is 30.3 Å². The number of carbonyl (C=O) groups excluding carboxylic acids is 1. The van der Waals surface area contributed by atoms with Crippen molar-refractivity contribution in [3.05, 3.63) is 88.5 Å². The summed E-state index contributed by atoms with van der Waals surface area (Å²) in [6.45, 7) is 10.4. The number of aryl methyl sites for hydroxylation is 3. The maximum absolute atomic E-state index is 13.5. The molecule has 0 aromatic heterocycles. The van der Waals surface area contributed by atoms with Gasteiger partial charge >= 0.3 is 0 Å². The van der Waals surface area contributed by atoms with Gasteiger partial charge in [-0.15, -0.1) is 11.8 Å². The number of carbonyl (C=O) groups is 1. The molecule has 0 radical (unpaired) electrons. The average Bonchev–Trinajstić information content (AvgIpc) is 3.04. The average molecular weight is 430 g/mol. The minimum atomic E-state index is -0.443. The smallest absolute Gasteiger partial charge is 0.266 e. The number of amides is 1. The third-order valence-corrected chi connectivity index (χ3v) is 7.04. The van der Waals surface area contributed by atoms with Crippen LogP contribution >= 0.6 is 11.8 Å². The predicted molar refractivity (Wildman–Crippen MR) is 130 cm³/mol. The van der Waals surface area contributed by atoms with E-state index in [-0.39, 0.29) is 5.91 Å². The van der Waals surface area contributed by atoms with Crippen LogP contribution in [-0.2, 0) is 4.79 Å². The number of thioether (sulfide) groups is 1. The Bertz CT molecular complexity index is 1190. The molecule has 1 amide bonds. The molecular weight excluding hydrogens is 402 g/mol. The van der Waals surface area contributed by atoms with Gasteiger partial charge in [0.25, 0.3) is 5.91 Å². The second kappa shape index (κ2) is 8.60. The van der Waals surface area contributed by atoms with Gasteiger partial charge in [0.05, 0.1) is 11.4 Å². The van der Waals surface area contributed by atoms with Crippen LogP contribution in [-0.4, -0.2) is 17.0 Å². The molecule has 1 unspecified atom stereocenters. The van der Waals surface area contributed by atoms with Gasteiger partial charge in [-0.3, -0.25) is 10.2 Å². The van der Waals surface area contributed by atoms with Crippen molar-refractivity contribution >= 4 is 34.9 Å². The molecule has 0 bridgehead atoms. The lowest BCUT2D eigenvalue weighted by atomic mass is 10.1. The van der Waals surface area contributed by atoms with Crippen molar-refractivity contribution in [3.63, 3.8) is 0 Å². The molecule has 1 fully saturated rings. The number of amidine groups is 1. The first-order valence-electron chi connectivity index (χ1n) is 10.4. The van der Waals surface area contributed by atoms with Crippen LogP contribution in [0.25, 0.3) is 0 Å². The first-order valence-corrected chi connectivity index (χ1v) is 11.3. The Morgan fingerprint density at radius 3 is 2.29 bits per heavy atom. The van der Waals surface area contributed by atoms with E-state index in [1.807, 2.05) is 62.4 Å². The molecule has 0 spiro atoms. The van der Waals surface area contributed by atoms with Crippen molar-refractivity contribution in [2.24, 2.45) is 4.99 Å². The summed E-state index contributed by atoms with van der Waals surface area (Å²) in [6, 6.07) is 20.2. The number of anilines is 1. The van der Waals surface area contributed by atoms with E-state index in [9.17, 15) is 4.79 Å². The van der Waals surface area contributed by atoms with Crippen molar-refractivity contribution in [3.8, 4) is 0 Å². The zero-order valence-corrected chi connectivity index (χ0v) is 19.4. The van der Waals surface area contributed by atoms with Crippen molar-refractivity contribution in [2.75, 3.05) is 5.01 Å². The van der Waals surface area contributed by atoms with Gasteiger partial charge in [-0.2, -0.15) is 0 Å². The van der Waals surface area contributed by atoms with E-state index in [1.54, 1.807) is 16.8 Å². The summed E-state index contributed by atoms with van der Waals surface area (Å²) in [6.07, 6.45) is 0. The van der Waals surface area contributed by atoms with Gasteiger partial charge in [0, 0.05) is 4.90 Å². The molecular formula is C26H27N3OS. The fraction of sp³-hybridized carbons (Fsp3) is 0.231. The molecule has 1 aliphatic heterocycles. The summed E-state index contributed by atoms with van der Waals surface area (Å²) in [4.78, 5) is 19.5.